The van der Waals surface area contributed by atoms with E-state index in [2.05, 4.69) is 13.1 Å². The van der Waals surface area contributed by atoms with Gasteiger partial charge in [0.15, 0.2) is 0 Å². The SMILES string of the molecule is CO[Si](C)(CCCCCCCCC[Si](C)(OC)OC)OC. The van der Waals surface area contributed by atoms with Crippen LogP contribution in [0.2, 0.25) is 25.2 Å². The third-order valence-corrected chi connectivity index (χ3v) is 10.5. The van der Waals surface area contributed by atoms with Crippen LogP contribution in [0, 0.1) is 0 Å². The van der Waals surface area contributed by atoms with Crippen LogP contribution in [0.1, 0.15) is 44.9 Å². The summed E-state index contributed by atoms with van der Waals surface area (Å²) in [4.78, 5) is 0. The quantitative estimate of drug-likeness (QED) is 0.347. The van der Waals surface area contributed by atoms with Crippen LogP contribution < -0.4 is 0 Å². The van der Waals surface area contributed by atoms with E-state index < -0.39 is 17.1 Å². The molecule has 0 rings (SSSR count). The molecule has 0 spiro atoms. The summed E-state index contributed by atoms with van der Waals surface area (Å²) in [6.07, 6.45) is 9.00. The topological polar surface area (TPSA) is 36.9 Å². The zero-order valence-corrected chi connectivity index (χ0v) is 17.0. The molecule has 0 N–H and O–H groups in total. The first-order valence-corrected chi connectivity index (χ1v) is 13.2. The van der Waals surface area contributed by atoms with Gasteiger partial charge >= 0.3 is 17.1 Å². The highest BCUT2D eigenvalue weighted by molar-refractivity contribution is 6.66. The highest BCUT2D eigenvalue weighted by Crippen LogP contribution is 2.19. The van der Waals surface area contributed by atoms with Crippen LogP contribution in [-0.4, -0.2) is 45.6 Å². The lowest BCUT2D eigenvalue weighted by atomic mass is 10.1. The van der Waals surface area contributed by atoms with Gasteiger partial charge in [-0.2, -0.15) is 0 Å². The Morgan fingerprint density at radius 1 is 0.476 bits per heavy atom. The van der Waals surface area contributed by atoms with Gasteiger partial charge in [0.25, 0.3) is 0 Å². The van der Waals surface area contributed by atoms with Gasteiger partial charge in [0.2, 0.25) is 0 Å². The molecular formula is C15H36O4Si2. The summed E-state index contributed by atoms with van der Waals surface area (Å²) in [5.74, 6) is 0. The minimum absolute atomic E-state index is 1.10. The first-order chi connectivity index (χ1) is 9.95. The van der Waals surface area contributed by atoms with Crippen LogP contribution in [0.25, 0.3) is 0 Å². The molecule has 0 amide bonds. The van der Waals surface area contributed by atoms with E-state index in [0.29, 0.717) is 0 Å². The Morgan fingerprint density at radius 3 is 0.952 bits per heavy atom. The average molecular weight is 337 g/mol. The van der Waals surface area contributed by atoms with E-state index in [1.807, 2.05) is 0 Å². The maximum absolute atomic E-state index is 5.50. The Labute approximate surface area is 134 Å². The molecule has 128 valence electrons. The van der Waals surface area contributed by atoms with Crippen molar-refractivity contribution in [1.82, 2.24) is 0 Å². The molecule has 0 unspecified atom stereocenters. The maximum atomic E-state index is 5.50. The zero-order valence-electron chi connectivity index (χ0n) is 15.0. The summed E-state index contributed by atoms with van der Waals surface area (Å²) in [6, 6.07) is 2.21. The molecule has 0 aliphatic heterocycles. The summed E-state index contributed by atoms with van der Waals surface area (Å²) in [5.41, 5.74) is 0. The predicted molar refractivity (Wildman–Crippen MR) is 93.2 cm³/mol. The molecule has 21 heavy (non-hydrogen) atoms. The minimum Gasteiger partial charge on any atom is -0.398 e. The Bertz CT molecular complexity index is 220. The van der Waals surface area contributed by atoms with Crippen LogP contribution in [0.5, 0.6) is 0 Å². The van der Waals surface area contributed by atoms with E-state index in [1.165, 1.54) is 44.9 Å². The van der Waals surface area contributed by atoms with Crippen molar-refractivity contribution >= 4 is 17.1 Å². The summed E-state index contributed by atoms with van der Waals surface area (Å²) >= 11 is 0. The monoisotopic (exact) mass is 336 g/mol. The van der Waals surface area contributed by atoms with Gasteiger partial charge in [-0.3, -0.25) is 0 Å². The van der Waals surface area contributed by atoms with Crippen molar-refractivity contribution in [3.05, 3.63) is 0 Å². The lowest BCUT2D eigenvalue weighted by Gasteiger charge is -2.22. The molecule has 0 heterocycles. The number of hydrogen-bond donors (Lipinski definition) is 0. The molecule has 0 saturated carbocycles. The summed E-state index contributed by atoms with van der Waals surface area (Å²) in [5, 5.41) is 0. The molecule has 4 nitrogen and oxygen atoms in total. The van der Waals surface area contributed by atoms with Gasteiger partial charge < -0.3 is 17.7 Å². The fourth-order valence-corrected chi connectivity index (χ4v) is 5.29. The second-order valence-electron chi connectivity index (χ2n) is 6.06. The lowest BCUT2D eigenvalue weighted by molar-refractivity contribution is 0.248. The van der Waals surface area contributed by atoms with Gasteiger partial charge in [-0.25, -0.2) is 0 Å². The second-order valence-corrected chi connectivity index (χ2v) is 13.2. The molecule has 0 saturated heterocycles. The maximum Gasteiger partial charge on any atom is 0.334 e. The van der Waals surface area contributed by atoms with Gasteiger partial charge in [0, 0.05) is 28.4 Å². The van der Waals surface area contributed by atoms with E-state index in [4.69, 9.17) is 17.7 Å². The molecular weight excluding hydrogens is 300 g/mol. The third kappa shape index (κ3) is 9.81. The van der Waals surface area contributed by atoms with Gasteiger partial charge in [0.05, 0.1) is 0 Å². The molecule has 0 fully saturated rings. The van der Waals surface area contributed by atoms with Crippen LogP contribution in [-0.2, 0) is 17.7 Å². The third-order valence-electron chi connectivity index (χ3n) is 4.49. The zero-order chi connectivity index (χ0) is 16.2. The Balaban J connectivity index is 3.45. The van der Waals surface area contributed by atoms with Crippen molar-refractivity contribution in [1.29, 1.82) is 0 Å². The molecule has 0 atom stereocenters. The average Bonchev–Trinajstić information content (AvgIpc) is 2.52. The van der Waals surface area contributed by atoms with Gasteiger partial charge in [-0.15, -0.1) is 0 Å². The van der Waals surface area contributed by atoms with Crippen molar-refractivity contribution in [2.24, 2.45) is 0 Å². The van der Waals surface area contributed by atoms with Gasteiger partial charge in [0.1, 0.15) is 0 Å². The fourth-order valence-electron chi connectivity index (χ4n) is 2.35. The highest BCUT2D eigenvalue weighted by atomic mass is 28.4. The summed E-state index contributed by atoms with van der Waals surface area (Å²) < 4.78 is 22.0. The Hall–Kier alpha value is 0.274. The first kappa shape index (κ1) is 21.3. The molecule has 0 aliphatic carbocycles. The smallest absolute Gasteiger partial charge is 0.334 e. The van der Waals surface area contributed by atoms with E-state index in [9.17, 15) is 0 Å². The normalized spacial score (nSPS) is 12.9. The number of unbranched alkanes of at least 4 members (excludes halogenated alkanes) is 6. The number of rotatable bonds is 14. The molecule has 0 aromatic heterocycles. The Kier molecular flexibility index (Phi) is 11.9. The minimum atomic E-state index is -1.83. The molecule has 0 aliphatic rings. The largest absolute Gasteiger partial charge is 0.398 e. The second kappa shape index (κ2) is 11.8. The van der Waals surface area contributed by atoms with Gasteiger partial charge in [-0.1, -0.05) is 44.9 Å². The lowest BCUT2D eigenvalue weighted by Crippen LogP contribution is -2.35. The summed E-state index contributed by atoms with van der Waals surface area (Å²) in [6.45, 7) is 4.28. The van der Waals surface area contributed by atoms with Crippen molar-refractivity contribution in [2.75, 3.05) is 28.4 Å². The molecule has 0 aromatic rings. The first-order valence-electron chi connectivity index (χ1n) is 8.16. The van der Waals surface area contributed by atoms with Crippen molar-refractivity contribution in [2.45, 2.75) is 70.1 Å². The van der Waals surface area contributed by atoms with Crippen LogP contribution in [0.3, 0.4) is 0 Å². The fraction of sp³-hybridized carbons (Fsp3) is 1.00. The Morgan fingerprint density at radius 2 is 0.714 bits per heavy atom. The van der Waals surface area contributed by atoms with Crippen molar-refractivity contribution < 1.29 is 17.7 Å². The highest BCUT2D eigenvalue weighted by Gasteiger charge is 2.28. The van der Waals surface area contributed by atoms with Crippen molar-refractivity contribution in [3.63, 3.8) is 0 Å². The van der Waals surface area contributed by atoms with Crippen LogP contribution in [0.4, 0.5) is 0 Å². The molecule has 0 radical (unpaired) electrons. The standard InChI is InChI=1S/C15H36O4Si2/c1-16-20(5,17-2)14-12-10-8-7-9-11-13-15-21(6,18-3)19-4/h7-15H2,1-6H3. The van der Waals surface area contributed by atoms with Gasteiger partial charge in [-0.05, 0) is 25.2 Å². The van der Waals surface area contributed by atoms with E-state index >= 15 is 0 Å². The molecule has 0 bridgehead atoms. The predicted octanol–water partition coefficient (Wildman–Crippen LogP) is 4.45. The van der Waals surface area contributed by atoms with E-state index in [-0.39, 0.29) is 0 Å². The van der Waals surface area contributed by atoms with E-state index in [1.54, 1.807) is 28.4 Å². The molecule has 6 heteroatoms. The van der Waals surface area contributed by atoms with Crippen molar-refractivity contribution in [3.8, 4) is 0 Å². The van der Waals surface area contributed by atoms with Crippen LogP contribution >= 0.6 is 0 Å². The summed E-state index contributed by atoms with van der Waals surface area (Å²) in [7, 11) is 3.42. The number of hydrogen-bond acceptors (Lipinski definition) is 4. The van der Waals surface area contributed by atoms with Crippen LogP contribution in [0.15, 0.2) is 0 Å². The van der Waals surface area contributed by atoms with E-state index in [0.717, 1.165) is 12.1 Å². The molecule has 0 aromatic carbocycles.